The highest BCUT2D eigenvalue weighted by Gasteiger charge is 2.57. The fourth-order valence-electron chi connectivity index (χ4n) is 5.43. The molecule has 3 aromatic rings. The average molecular weight is 422 g/mol. The Balaban J connectivity index is 1.27. The van der Waals surface area contributed by atoms with Gasteiger partial charge < -0.3 is 0 Å². The Morgan fingerprint density at radius 3 is 2.63 bits per heavy atom. The average Bonchev–Trinajstić information content (AvgIpc) is 3.44. The van der Waals surface area contributed by atoms with Crippen LogP contribution < -0.4 is 0 Å². The van der Waals surface area contributed by atoms with Crippen molar-refractivity contribution in [2.45, 2.75) is 51.4 Å². The molecule has 2 fully saturated rings. The first kappa shape index (κ1) is 19.7. The van der Waals surface area contributed by atoms with Gasteiger partial charge in [0, 0.05) is 28.9 Å². The van der Waals surface area contributed by atoms with Gasteiger partial charge in [-0.15, -0.1) is 0 Å². The Labute approximate surface area is 181 Å². The number of Topliss-reactive ketones (excluding diaryl/α,β-unsaturated/α-hetero) is 1. The van der Waals surface area contributed by atoms with Gasteiger partial charge in [-0.3, -0.25) is 9.78 Å². The summed E-state index contributed by atoms with van der Waals surface area (Å²) < 4.78 is 14.2. The minimum Gasteiger partial charge on any atom is -0.299 e. The molecule has 1 unspecified atom stereocenters. The SMILES string of the molecule is Cc1cc2nccc(C3CCC4(CC3)CC4C(=O)Cc3ccc(Cl)cc3)c2cc1F. The van der Waals surface area contributed by atoms with E-state index in [0.717, 1.165) is 48.6 Å². The molecular formula is C26H25ClFNO. The van der Waals surface area contributed by atoms with Gasteiger partial charge in [-0.25, -0.2) is 4.39 Å². The van der Waals surface area contributed by atoms with Gasteiger partial charge in [0.25, 0.3) is 0 Å². The number of benzene rings is 2. The van der Waals surface area contributed by atoms with Crippen LogP contribution in [0.2, 0.25) is 5.02 Å². The molecule has 2 aliphatic rings. The number of carbonyl (C=O) groups excluding carboxylic acids is 1. The second-order valence-corrected chi connectivity index (χ2v) is 9.62. The third kappa shape index (κ3) is 3.54. The van der Waals surface area contributed by atoms with E-state index in [1.165, 1.54) is 5.56 Å². The first-order valence-corrected chi connectivity index (χ1v) is 11.1. The first-order chi connectivity index (χ1) is 14.4. The minimum atomic E-state index is -0.168. The monoisotopic (exact) mass is 421 g/mol. The van der Waals surface area contributed by atoms with Crippen LogP contribution in [0.4, 0.5) is 4.39 Å². The van der Waals surface area contributed by atoms with E-state index >= 15 is 0 Å². The summed E-state index contributed by atoms with van der Waals surface area (Å²) in [6.07, 6.45) is 7.63. The topological polar surface area (TPSA) is 30.0 Å². The van der Waals surface area contributed by atoms with E-state index in [2.05, 4.69) is 11.1 Å². The number of ketones is 1. The lowest BCUT2D eigenvalue weighted by Crippen LogP contribution is -2.20. The highest BCUT2D eigenvalue weighted by molar-refractivity contribution is 6.30. The number of carbonyl (C=O) groups is 1. The smallest absolute Gasteiger partial charge is 0.140 e. The standard InChI is InChI=1S/C26H25ClFNO/c1-16-12-24-21(14-23(16)28)20(8-11-29-24)18-6-9-26(10-7-18)15-22(26)25(30)13-17-2-4-19(27)5-3-17/h2-5,8,11-12,14,18,22H,6-7,9-10,13,15H2,1H3. The molecule has 1 spiro atoms. The number of pyridine rings is 1. The van der Waals surface area contributed by atoms with Crippen LogP contribution in [-0.4, -0.2) is 10.8 Å². The summed E-state index contributed by atoms with van der Waals surface area (Å²) in [7, 11) is 0. The van der Waals surface area contributed by atoms with Crippen molar-refractivity contribution in [2.75, 3.05) is 0 Å². The number of hydrogen-bond acceptors (Lipinski definition) is 2. The summed E-state index contributed by atoms with van der Waals surface area (Å²) >= 11 is 5.95. The number of aromatic nitrogens is 1. The fraction of sp³-hybridized carbons (Fsp3) is 0.385. The number of fused-ring (bicyclic) bond motifs is 1. The third-order valence-electron chi connectivity index (χ3n) is 7.35. The molecule has 5 rings (SSSR count). The van der Waals surface area contributed by atoms with E-state index < -0.39 is 0 Å². The van der Waals surface area contributed by atoms with Crippen molar-refractivity contribution >= 4 is 28.3 Å². The highest BCUT2D eigenvalue weighted by Crippen LogP contribution is 2.63. The molecule has 2 aromatic carbocycles. The van der Waals surface area contributed by atoms with Crippen molar-refractivity contribution in [1.82, 2.24) is 4.98 Å². The highest BCUT2D eigenvalue weighted by atomic mass is 35.5. The molecule has 1 aromatic heterocycles. The van der Waals surface area contributed by atoms with Crippen LogP contribution in [0.3, 0.4) is 0 Å². The van der Waals surface area contributed by atoms with Crippen LogP contribution in [0, 0.1) is 24.1 Å². The minimum absolute atomic E-state index is 0.168. The van der Waals surface area contributed by atoms with Crippen LogP contribution in [0.25, 0.3) is 10.9 Å². The maximum Gasteiger partial charge on any atom is 0.140 e. The molecule has 0 aliphatic heterocycles. The third-order valence-corrected chi connectivity index (χ3v) is 7.60. The fourth-order valence-corrected chi connectivity index (χ4v) is 5.56. The largest absolute Gasteiger partial charge is 0.299 e. The van der Waals surface area contributed by atoms with E-state index in [1.807, 2.05) is 36.5 Å². The second-order valence-electron chi connectivity index (χ2n) is 9.18. The van der Waals surface area contributed by atoms with Gasteiger partial charge in [0.2, 0.25) is 0 Å². The number of aryl methyl sites for hydroxylation is 1. The molecule has 0 saturated heterocycles. The molecule has 0 N–H and O–H groups in total. The maximum absolute atomic E-state index is 14.2. The van der Waals surface area contributed by atoms with Crippen molar-refractivity contribution in [3.05, 3.63) is 76.2 Å². The van der Waals surface area contributed by atoms with Gasteiger partial charge in [0.1, 0.15) is 11.6 Å². The van der Waals surface area contributed by atoms with Gasteiger partial charge >= 0.3 is 0 Å². The summed E-state index contributed by atoms with van der Waals surface area (Å²) in [4.78, 5) is 17.3. The van der Waals surface area contributed by atoms with Crippen LogP contribution >= 0.6 is 11.6 Å². The summed E-state index contributed by atoms with van der Waals surface area (Å²) in [5.41, 5.74) is 3.95. The zero-order valence-corrected chi connectivity index (χ0v) is 17.9. The molecule has 0 bridgehead atoms. The molecule has 2 saturated carbocycles. The predicted octanol–water partition coefficient (Wildman–Crippen LogP) is 6.81. The van der Waals surface area contributed by atoms with E-state index in [-0.39, 0.29) is 17.2 Å². The predicted molar refractivity (Wildman–Crippen MR) is 118 cm³/mol. The summed E-state index contributed by atoms with van der Waals surface area (Å²) in [6, 6.07) is 13.1. The zero-order chi connectivity index (χ0) is 20.9. The molecule has 30 heavy (non-hydrogen) atoms. The molecule has 154 valence electrons. The zero-order valence-electron chi connectivity index (χ0n) is 17.1. The number of rotatable bonds is 4. The molecule has 0 radical (unpaired) electrons. The molecule has 1 atom stereocenters. The Morgan fingerprint density at radius 2 is 1.90 bits per heavy atom. The normalized spacial score (nSPS) is 25.6. The lowest BCUT2D eigenvalue weighted by Gasteiger charge is -2.30. The van der Waals surface area contributed by atoms with Gasteiger partial charge in [-0.2, -0.15) is 0 Å². The van der Waals surface area contributed by atoms with Gasteiger partial charge in [0.15, 0.2) is 0 Å². The molecular weight excluding hydrogens is 397 g/mol. The van der Waals surface area contributed by atoms with Crippen LogP contribution in [0.5, 0.6) is 0 Å². The second kappa shape index (κ2) is 7.46. The van der Waals surface area contributed by atoms with E-state index in [4.69, 9.17) is 11.6 Å². The van der Waals surface area contributed by atoms with Crippen molar-refractivity contribution in [2.24, 2.45) is 11.3 Å². The van der Waals surface area contributed by atoms with E-state index in [9.17, 15) is 9.18 Å². The van der Waals surface area contributed by atoms with Gasteiger partial charge in [0.05, 0.1) is 5.52 Å². The van der Waals surface area contributed by atoms with E-state index in [1.54, 1.807) is 13.0 Å². The maximum atomic E-state index is 14.2. The van der Waals surface area contributed by atoms with Crippen molar-refractivity contribution in [3.63, 3.8) is 0 Å². The Bertz CT molecular complexity index is 1120. The van der Waals surface area contributed by atoms with Crippen molar-refractivity contribution in [3.8, 4) is 0 Å². The summed E-state index contributed by atoms with van der Waals surface area (Å²) in [5, 5.41) is 1.64. The van der Waals surface area contributed by atoms with Crippen molar-refractivity contribution in [1.29, 1.82) is 0 Å². The first-order valence-electron chi connectivity index (χ1n) is 10.8. The lowest BCUT2D eigenvalue weighted by atomic mass is 9.74. The number of halogens is 2. The lowest BCUT2D eigenvalue weighted by molar-refractivity contribution is -0.120. The molecule has 4 heteroatoms. The molecule has 2 nitrogen and oxygen atoms in total. The summed E-state index contributed by atoms with van der Waals surface area (Å²) in [6.45, 7) is 1.78. The molecule has 0 amide bonds. The van der Waals surface area contributed by atoms with Gasteiger partial charge in [-0.1, -0.05) is 23.7 Å². The molecule has 1 heterocycles. The molecule has 2 aliphatic carbocycles. The Morgan fingerprint density at radius 1 is 1.17 bits per heavy atom. The van der Waals surface area contributed by atoms with Crippen LogP contribution in [0.1, 0.15) is 54.7 Å². The summed E-state index contributed by atoms with van der Waals surface area (Å²) in [5.74, 6) is 0.806. The Hall–Kier alpha value is -2.26. The van der Waals surface area contributed by atoms with Crippen molar-refractivity contribution < 1.29 is 9.18 Å². The quantitative estimate of drug-likeness (QED) is 0.463. The number of hydrogen-bond donors (Lipinski definition) is 0. The van der Waals surface area contributed by atoms with Gasteiger partial charge in [-0.05, 0) is 97.4 Å². The Kier molecular flexibility index (Phi) is 4.89. The van der Waals surface area contributed by atoms with E-state index in [0.29, 0.717) is 28.7 Å². The van der Waals surface area contributed by atoms with Crippen LogP contribution in [-0.2, 0) is 11.2 Å². The van der Waals surface area contributed by atoms with Crippen LogP contribution in [0.15, 0.2) is 48.7 Å². The number of nitrogens with zero attached hydrogens (tertiary/aromatic N) is 1.